The van der Waals surface area contributed by atoms with E-state index in [1.54, 1.807) is 12.3 Å². The molecule has 0 aliphatic heterocycles. The average molecular weight is 259 g/mol. The lowest BCUT2D eigenvalue weighted by Crippen LogP contribution is -1.89. The number of fused-ring (bicyclic) bond motifs is 1. The summed E-state index contributed by atoms with van der Waals surface area (Å²) < 4.78 is 7.81. The van der Waals surface area contributed by atoms with Crippen LogP contribution in [0.3, 0.4) is 0 Å². The summed E-state index contributed by atoms with van der Waals surface area (Å²) in [6.07, 6.45) is 3.70. The van der Waals surface area contributed by atoms with E-state index in [2.05, 4.69) is 4.98 Å². The minimum Gasteiger partial charge on any atom is -0.456 e. The summed E-state index contributed by atoms with van der Waals surface area (Å²) in [5.41, 5.74) is 0.898. The van der Waals surface area contributed by atoms with Crippen molar-refractivity contribution in [2.45, 2.75) is 0 Å². The summed E-state index contributed by atoms with van der Waals surface area (Å²) in [6, 6.07) is 11.2. The molecule has 2 aromatic heterocycles. The highest BCUT2D eigenvalue weighted by Gasteiger charge is 2.07. The Kier molecular flexibility index (Phi) is 2.68. The molecule has 0 atom stereocenters. The molecule has 0 spiro atoms. The number of nitrogens with zero attached hydrogens (tertiary/aromatic N) is 2. The van der Waals surface area contributed by atoms with E-state index < -0.39 is 0 Å². The molecule has 0 saturated carbocycles. The van der Waals surface area contributed by atoms with Crippen LogP contribution in [0.5, 0.6) is 11.5 Å². The van der Waals surface area contributed by atoms with E-state index in [0.29, 0.717) is 5.02 Å². The molecule has 0 N–H and O–H groups in total. The van der Waals surface area contributed by atoms with Crippen molar-refractivity contribution in [3.63, 3.8) is 0 Å². The van der Waals surface area contributed by atoms with Gasteiger partial charge in [-0.2, -0.15) is 0 Å². The maximum atomic E-state index is 5.94. The maximum Gasteiger partial charge on any atom is 0.143 e. The number of aromatic nitrogens is 2. The Bertz CT molecular complexity index is 706. The zero-order valence-corrected chi connectivity index (χ0v) is 10.6. The SMILES string of the molecule is Cn1ccc2c(Oc3cccc(Cl)c3)ccnc21. The first-order valence-electron chi connectivity index (χ1n) is 5.57. The third-order valence-electron chi connectivity index (χ3n) is 2.75. The van der Waals surface area contributed by atoms with Gasteiger partial charge >= 0.3 is 0 Å². The van der Waals surface area contributed by atoms with Crippen molar-refractivity contribution in [3.05, 3.63) is 53.8 Å². The molecule has 0 radical (unpaired) electrons. The lowest BCUT2D eigenvalue weighted by Gasteiger charge is -2.07. The van der Waals surface area contributed by atoms with Gasteiger partial charge in [-0.05, 0) is 30.3 Å². The molecule has 4 heteroatoms. The maximum absolute atomic E-state index is 5.94. The van der Waals surface area contributed by atoms with Gasteiger partial charge in [-0.1, -0.05) is 17.7 Å². The molecule has 0 amide bonds. The van der Waals surface area contributed by atoms with Gasteiger partial charge in [-0.25, -0.2) is 4.98 Å². The molecular formula is C14H11ClN2O. The van der Waals surface area contributed by atoms with Gasteiger partial charge in [-0.15, -0.1) is 0 Å². The Morgan fingerprint density at radius 1 is 1.22 bits per heavy atom. The van der Waals surface area contributed by atoms with E-state index in [0.717, 1.165) is 22.5 Å². The fraction of sp³-hybridized carbons (Fsp3) is 0.0714. The Labute approximate surface area is 110 Å². The molecule has 0 fully saturated rings. The fourth-order valence-corrected chi connectivity index (χ4v) is 2.07. The fourth-order valence-electron chi connectivity index (χ4n) is 1.89. The number of ether oxygens (including phenoxy) is 1. The Hall–Kier alpha value is -2.00. The largest absolute Gasteiger partial charge is 0.456 e. The molecule has 0 saturated heterocycles. The molecule has 18 heavy (non-hydrogen) atoms. The molecule has 3 aromatic rings. The van der Waals surface area contributed by atoms with Gasteiger partial charge in [0.15, 0.2) is 0 Å². The molecule has 3 rings (SSSR count). The standard InChI is InChI=1S/C14H11ClN2O/c1-17-8-6-12-13(5-7-16-14(12)17)18-11-4-2-3-10(15)9-11/h2-9H,1H3. The van der Waals surface area contributed by atoms with E-state index in [-0.39, 0.29) is 0 Å². The Morgan fingerprint density at radius 2 is 2.11 bits per heavy atom. The normalized spacial score (nSPS) is 10.8. The first-order chi connectivity index (χ1) is 8.74. The van der Waals surface area contributed by atoms with Crippen molar-refractivity contribution < 1.29 is 4.74 Å². The monoisotopic (exact) mass is 258 g/mol. The second-order valence-electron chi connectivity index (χ2n) is 4.03. The molecule has 0 bridgehead atoms. The summed E-state index contributed by atoms with van der Waals surface area (Å²) >= 11 is 5.94. The van der Waals surface area contributed by atoms with E-state index in [9.17, 15) is 0 Å². The second kappa shape index (κ2) is 4.35. The summed E-state index contributed by atoms with van der Waals surface area (Å²) in [4.78, 5) is 4.32. The highest BCUT2D eigenvalue weighted by molar-refractivity contribution is 6.30. The Morgan fingerprint density at radius 3 is 2.94 bits per heavy atom. The van der Waals surface area contributed by atoms with Crippen LogP contribution in [0.4, 0.5) is 0 Å². The van der Waals surface area contributed by atoms with Crippen molar-refractivity contribution in [2.75, 3.05) is 0 Å². The average Bonchev–Trinajstić information content (AvgIpc) is 2.73. The van der Waals surface area contributed by atoms with Crippen molar-refractivity contribution in [1.29, 1.82) is 0 Å². The zero-order chi connectivity index (χ0) is 12.5. The van der Waals surface area contributed by atoms with Crippen LogP contribution in [0.2, 0.25) is 5.02 Å². The predicted molar refractivity (Wildman–Crippen MR) is 72.2 cm³/mol. The lowest BCUT2D eigenvalue weighted by atomic mass is 10.3. The van der Waals surface area contributed by atoms with E-state index >= 15 is 0 Å². The molecule has 2 heterocycles. The number of hydrogen-bond acceptors (Lipinski definition) is 2. The van der Waals surface area contributed by atoms with Gasteiger partial charge in [-0.3, -0.25) is 0 Å². The van der Waals surface area contributed by atoms with Crippen LogP contribution in [0.15, 0.2) is 48.8 Å². The number of rotatable bonds is 2. The van der Waals surface area contributed by atoms with Crippen LogP contribution in [0.25, 0.3) is 11.0 Å². The smallest absolute Gasteiger partial charge is 0.143 e. The second-order valence-corrected chi connectivity index (χ2v) is 4.47. The molecule has 3 nitrogen and oxygen atoms in total. The molecule has 0 aliphatic rings. The van der Waals surface area contributed by atoms with Crippen molar-refractivity contribution in [1.82, 2.24) is 9.55 Å². The first-order valence-corrected chi connectivity index (χ1v) is 5.95. The van der Waals surface area contributed by atoms with Crippen molar-refractivity contribution in [2.24, 2.45) is 7.05 Å². The zero-order valence-electron chi connectivity index (χ0n) is 9.80. The lowest BCUT2D eigenvalue weighted by molar-refractivity contribution is 0.488. The van der Waals surface area contributed by atoms with Crippen molar-refractivity contribution in [3.8, 4) is 11.5 Å². The minimum absolute atomic E-state index is 0.658. The van der Waals surface area contributed by atoms with Crippen LogP contribution in [0.1, 0.15) is 0 Å². The number of halogens is 1. The summed E-state index contributed by atoms with van der Waals surface area (Å²) in [5.74, 6) is 1.50. The molecular weight excluding hydrogens is 248 g/mol. The molecule has 90 valence electrons. The predicted octanol–water partition coefficient (Wildman–Crippen LogP) is 4.02. The van der Waals surface area contributed by atoms with Crippen LogP contribution in [0, 0.1) is 0 Å². The number of benzene rings is 1. The summed E-state index contributed by atoms with van der Waals surface area (Å²) in [7, 11) is 1.96. The van der Waals surface area contributed by atoms with Crippen molar-refractivity contribution >= 4 is 22.6 Å². The van der Waals surface area contributed by atoms with Gasteiger partial charge in [0.05, 0.1) is 5.39 Å². The third-order valence-corrected chi connectivity index (χ3v) is 2.99. The number of hydrogen-bond donors (Lipinski definition) is 0. The quantitative estimate of drug-likeness (QED) is 0.694. The highest BCUT2D eigenvalue weighted by atomic mass is 35.5. The minimum atomic E-state index is 0.658. The van der Waals surface area contributed by atoms with E-state index in [4.69, 9.17) is 16.3 Å². The van der Waals surface area contributed by atoms with E-state index in [1.807, 2.05) is 48.1 Å². The molecule has 0 unspecified atom stereocenters. The first kappa shape index (κ1) is 11.1. The highest BCUT2D eigenvalue weighted by Crippen LogP contribution is 2.30. The number of pyridine rings is 1. The Balaban J connectivity index is 2.05. The third kappa shape index (κ3) is 1.93. The van der Waals surface area contributed by atoms with Crippen LogP contribution in [-0.2, 0) is 7.05 Å². The summed E-state index contributed by atoms with van der Waals surface area (Å²) in [5, 5.41) is 1.64. The molecule has 1 aromatic carbocycles. The van der Waals surface area contributed by atoms with Crippen LogP contribution >= 0.6 is 11.6 Å². The van der Waals surface area contributed by atoms with E-state index in [1.165, 1.54) is 0 Å². The van der Waals surface area contributed by atoms with Crippen LogP contribution in [-0.4, -0.2) is 9.55 Å². The van der Waals surface area contributed by atoms with Crippen LogP contribution < -0.4 is 4.74 Å². The van der Waals surface area contributed by atoms with Gasteiger partial charge in [0.1, 0.15) is 17.1 Å². The van der Waals surface area contributed by atoms with Gasteiger partial charge in [0, 0.05) is 24.5 Å². The van der Waals surface area contributed by atoms with Gasteiger partial charge in [0.25, 0.3) is 0 Å². The number of aryl methyl sites for hydroxylation is 1. The topological polar surface area (TPSA) is 27.1 Å². The van der Waals surface area contributed by atoms with Gasteiger partial charge in [0.2, 0.25) is 0 Å². The summed E-state index contributed by atoms with van der Waals surface area (Å²) in [6.45, 7) is 0. The van der Waals surface area contributed by atoms with Gasteiger partial charge < -0.3 is 9.30 Å². The molecule has 0 aliphatic carbocycles.